The first-order chi connectivity index (χ1) is 9.52. The fraction of sp³-hybridized carbons (Fsp3) is 0.333. The molecule has 2 aromatic rings. The third-order valence-electron chi connectivity index (χ3n) is 2.53. The Labute approximate surface area is 122 Å². The number of ether oxygens (including phenoxy) is 1. The van der Waals surface area contributed by atoms with Gasteiger partial charge in [-0.25, -0.2) is 4.98 Å². The zero-order valence-electron chi connectivity index (χ0n) is 11.8. The molecule has 1 amide bonds. The van der Waals surface area contributed by atoms with Crippen molar-refractivity contribution >= 4 is 22.4 Å². The van der Waals surface area contributed by atoms with Crippen molar-refractivity contribution in [1.29, 1.82) is 0 Å². The molecule has 4 nitrogen and oxygen atoms in total. The van der Waals surface area contributed by atoms with Crippen LogP contribution < -0.4 is 10.1 Å². The van der Waals surface area contributed by atoms with Crippen molar-refractivity contribution < 1.29 is 9.53 Å². The van der Waals surface area contributed by atoms with Gasteiger partial charge in [-0.15, -0.1) is 11.3 Å². The van der Waals surface area contributed by atoms with Crippen LogP contribution in [0, 0.1) is 6.92 Å². The number of hydrogen-bond donors (Lipinski definition) is 1. The van der Waals surface area contributed by atoms with Crippen LogP contribution in [0.1, 0.15) is 25.1 Å². The Hall–Kier alpha value is -1.88. The van der Waals surface area contributed by atoms with Crippen LogP contribution >= 0.6 is 11.3 Å². The van der Waals surface area contributed by atoms with E-state index in [9.17, 15) is 4.79 Å². The average molecular weight is 290 g/mol. The molecule has 0 saturated carbocycles. The predicted octanol–water partition coefficient (Wildman–Crippen LogP) is 3.42. The van der Waals surface area contributed by atoms with Crippen molar-refractivity contribution in [3.05, 3.63) is 40.9 Å². The fourth-order valence-electron chi connectivity index (χ4n) is 1.72. The molecule has 0 aliphatic carbocycles. The first-order valence-electron chi connectivity index (χ1n) is 6.50. The van der Waals surface area contributed by atoms with Crippen LogP contribution in [0.3, 0.4) is 0 Å². The number of anilines is 1. The van der Waals surface area contributed by atoms with Crippen LogP contribution in [0.25, 0.3) is 0 Å². The van der Waals surface area contributed by atoms with Crippen molar-refractivity contribution in [1.82, 2.24) is 4.98 Å². The molecule has 106 valence electrons. The summed E-state index contributed by atoms with van der Waals surface area (Å²) in [4.78, 5) is 16.1. The number of hydrogen-bond acceptors (Lipinski definition) is 4. The number of amides is 1. The lowest BCUT2D eigenvalue weighted by atomic mass is 10.1. The second-order valence-electron chi connectivity index (χ2n) is 4.83. The lowest BCUT2D eigenvalue weighted by molar-refractivity contribution is -0.115. The molecule has 1 aromatic carbocycles. The molecule has 0 fully saturated rings. The Morgan fingerprint density at radius 2 is 2.05 bits per heavy atom. The summed E-state index contributed by atoms with van der Waals surface area (Å²) in [5.41, 5.74) is 1.87. The van der Waals surface area contributed by atoms with Gasteiger partial charge in [-0.3, -0.25) is 4.79 Å². The smallest absolute Gasteiger partial charge is 0.230 e. The molecule has 0 aliphatic heterocycles. The molecular formula is C15H18N2O2S. The molecule has 0 unspecified atom stereocenters. The van der Waals surface area contributed by atoms with Crippen LogP contribution in [0.4, 0.5) is 5.13 Å². The average Bonchev–Trinajstić information content (AvgIpc) is 2.76. The first kappa shape index (κ1) is 14.5. The van der Waals surface area contributed by atoms with E-state index >= 15 is 0 Å². The van der Waals surface area contributed by atoms with Crippen LogP contribution in [-0.2, 0) is 11.2 Å². The van der Waals surface area contributed by atoms with E-state index in [1.54, 1.807) is 0 Å². The first-order valence-corrected chi connectivity index (χ1v) is 7.38. The summed E-state index contributed by atoms with van der Waals surface area (Å²) >= 11 is 1.43. The molecule has 0 saturated heterocycles. The van der Waals surface area contributed by atoms with E-state index in [1.807, 2.05) is 50.4 Å². The summed E-state index contributed by atoms with van der Waals surface area (Å²) < 4.78 is 5.56. The van der Waals surface area contributed by atoms with Gasteiger partial charge in [-0.05, 0) is 38.5 Å². The molecule has 1 aromatic heterocycles. The Morgan fingerprint density at radius 1 is 1.35 bits per heavy atom. The molecule has 0 radical (unpaired) electrons. The Kier molecular flexibility index (Phi) is 4.74. The summed E-state index contributed by atoms with van der Waals surface area (Å²) in [5.74, 6) is 0.761. The third kappa shape index (κ3) is 4.35. The van der Waals surface area contributed by atoms with Crippen LogP contribution in [-0.4, -0.2) is 17.0 Å². The van der Waals surface area contributed by atoms with Crippen molar-refractivity contribution in [3.8, 4) is 5.75 Å². The Morgan fingerprint density at radius 3 is 2.60 bits per heavy atom. The number of thiazole rings is 1. The van der Waals surface area contributed by atoms with Gasteiger partial charge in [-0.2, -0.15) is 0 Å². The van der Waals surface area contributed by atoms with Gasteiger partial charge in [0.2, 0.25) is 5.91 Å². The number of benzene rings is 1. The van der Waals surface area contributed by atoms with Gasteiger partial charge in [0.05, 0.1) is 18.2 Å². The number of carbonyl (C=O) groups is 1. The summed E-state index contributed by atoms with van der Waals surface area (Å²) in [6.07, 6.45) is 0.484. The van der Waals surface area contributed by atoms with Crippen molar-refractivity contribution in [2.24, 2.45) is 0 Å². The predicted molar refractivity (Wildman–Crippen MR) is 81.4 cm³/mol. The number of nitrogens with one attached hydrogen (secondary N) is 1. The molecule has 0 spiro atoms. The number of carbonyl (C=O) groups excluding carboxylic acids is 1. The van der Waals surface area contributed by atoms with Gasteiger partial charge in [0.15, 0.2) is 5.13 Å². The van der Waals surface area contributed by atoms with Gasteiger partial charge in [0.1, 0.15) is 5.75 Å². The summed E-state index contributed by atoms with van der Waals surface area (Å²) in [5, 5.41) is 5.35. The quantitative estimate of drug-likeness (QED) is 0.918. The standard InChI is InChI=1S/C15H18N2O2S/c1-10(2)19-13-6-4-12(5-7-13)8-14(18)17-15-16-11(3)9-20-15/h4-7,9-10H,8H2,1-3H3,(H,16,17,18). The highest BCUT2D eigenvalue weighted by atomic mass is 32.1. The second-order valence-corrected chi connectivity index (χ2v) is 5.69. The van der Waals surface area contributed by atoms with E-state index in [0.717, 1.165) is 17.0 Å². The van der Waals surface area contributed by atoms with E-state index in [2.05, 4.69) is 10.3 Å². The molecule has 2 rings (SSSR count). The summed E-state index contributed by atoms with van der Waals surface area (Å²) in [6, 6.07) is 7.58. The number of nitrogens with zero attached hydrogens (tertiary/aromatic N) is 1. The van der Waals surface area contributed by atoms with E-state index in [0.29, 0.717) is 11.6 Å². The molecule has 0 aliphatic rings. The molecule has 1 heterocycles. The lowest BCUT2D eigenvalue weighted by Crippen LogP contribution is -2.14. The van der Waals surface area contributed by atoms with Gasteiger partial charge in [0.25, 0.3) is 0 Å². The van der Waals surface area contributed by atoms with E-state index < -0.39 is 0 Å². The minimum atomic E-state index is -0.0584. The van der Waals surface area contributed by atoms with Gasteiger partial charge >= 0.3 is 0 Å². The lowest BCUT2D eigenvalue weighted by Gasteiger charge is -2.10. The molecule has 20 heavy (non-hydrogen) atoms. The maximum atomic E-state index is 11.9. The highest BCUT2D eigenvalue weighted by molar-refractivity contribution is 7.13. The SMILES string of the molecule is Cc1csc(NC(=O)Cc2ccc(OC(C)C)cc2)n1. The maximum Gasteiger partial charge on any atom is 0.230 e. The zero-order valence-corrected chi connectivity index (χ0v) is 12.7. The minimum Gasteiger partial charge on any atom is -0.491 e. The highest BCUT2D eigenvalue weighted by Gasteiger charge is 2.07. The fourth-order valence-corrected chi connectivity index (χ4v) is 2.42. The number of rotatable bonds is 5. The van der Waals surface area contributed by atoms with Crippen LogP contribution in [0.15, 0.2) is 29.6 Å². The van der Waals surface area contributed by atoms with Crippen molar-refractivity contribution in [2.45, 2.75) is 33.3 Å². The van der Waals surface area contributed by atoms with Crippen LogP contribution in [0.2, 0.25) is 0 Å². The molecular weight excluding hydrogens is 272 g/mol. The van der Waals surface area contributed by atoms with Crippen molar-refractivity contribution in [2.75, 3.05) is 5.32 Å². The minimum absolute atomic E-state index is 0.0584. The monoisotopic (exact) mass is 290 g/mol. The third-order valence-corrected chi connectivity index (χ3v) is 3.40. The van der Waals surface area contributed by atoms with Gasteiger partial charge in [-0.1, -0.05) is 12.1 Å². The van der Waals surface area contributed by atoms with Crippen LogP contribution in [0.5, 0.6) is 5.75 Å². The second kappa shape index (κ2) is 6.52. The Bertz CT molecular complexity index is 576. The normalized spacial score (nSPS) is 10.6. The molecule has 0 atom stereocenters. The zero-order chi connectivity index (χ0) is 14.5. The molecule has 5 heteroatoms. The number of aryl methyl sites for hydroxylation is 1. The largest absolute Gasteiger partial charge is 0.491 e. The topological polar surface area (TPSA) is 51.2 Å². The van der Waals surface area contributed by atoms with E-state index in [-0.39, 0.29) is 12.0 Å². The van der Waals surface area contributed by atoms with Gasteiger partial charge in [0, 0.05) is 5.38 Å². The Balaban J connectivity index is 1.91. The van der Waals surface area contributed by atoms with E-state index in [4.69, 9.17) is 4.74 Å². The summed E-state index contributed by atoms with van der Waals surface area (Å²) in [6.45, 7) is 5.87. The van der Waals surface area contributed by atoms with Crippen molar-refractivity contribution in [3.63, 3.8) is 0 Å². The number of aromatic nitrogens is 1. The maximum absolute atomic E-state index is 11.9. The highest BCUT2D eigenvalue weighted by Crippen LogP contribution is 2.16. The molecule has 0 bridgehead atoms. The van der Waals surface area contributed by atoms with Gasteiger partial charge < -0.3 is 10.1 Å². The molecule has 1 N–H and O–H groups in total. The summed E-state index contributed by atoms with van der Waals surface area (Å²) in [7, 11) is 0. The van der Waals surface area contributed by atoms with E-state index in [1.165, 1.54) is 11.3 Å².